The van der Waals surface area contributed by atoms with E-state index < -0.39 is 0 Å². The fourth-order valence-electron chi connectivity index (χ4n) is 5.28. The van der Waals surface area contributed by atoms with Gasteiger partial charge in [0.15, 0.2) is 5.82 Å². The van der Waals surface area contributed by atoms with Crippen molar-refractivity contribution in [3.05, 3.63) is 59.8 Å². The molecule has 2 aliphatic rings. The van der Waals surface area contributed by atoms with E-state index in [9.17, 15) is 0 Å². The van der Waals surface area contributed by atoms with Crippen molar-refractivity contribution in [3.63, 3.8) is 0 Å². The number of aryl methyl sites for hydroxylation is 2. The van der Waals surface area contributed by atoms with E-state index >= 15 is 0 Å². The first-order chi connectivity index (χ1) is 14.6. The highest BCUT2D eigenvalue weighted by Crippen LogP contribution is 2.35. The Balaban J connectivity index is 1.27. The summed E-state index contributed by atoms with van der Waals surface area (Å²) in [6.07, 6.45) is 3.12. The van der Waals surface area contributed by atoms with Crippen LogP contribution in [0.2, 0.25) is 0 Å². The minimum atomic E-state index is 0.548. The van der Waals surface area contributed by atoms with E-state index in [1.54, 1.807) is 0 Å². The third-order valence-corrected chi connectivity index (χ3v) is 6.83. The summed E-state index contributed by atoms with van der Waals surface area (Å²) in [4.78, 5) is 5.12. The Kier molecular flexibility index (Phi) is 5.03. The van der Waals surface area contributed by atoms with Gasteiger partial charge in [0, 0.05) is 39.3 Å². The van der Waals surface area contributed by atoms with Crippen molar-refractivity contribution < 1.29 is 0 Å². The number of hydrogen-bond donors (Lipinski definition) is 0. The molecule has 0 radical (unpaired) electrons. The number of nitrogens with zero attached hydrogens (tertiary/aromatic N) is 6. The highest BCUT2D eigenvalue weighted by molar-refractivity contribution is 5.59. The Morgan fingerprint density at radius 3 is 2.60 bits per heavy atom. The molecule has 0 N–H and O–H groups in total. The molecule has 2 aromatic heterocycles. The van der Waals surface area contributed by atoms with Gasteiger partial charge in [0.25, 0.3) is 0 Å². The molecule has 3 atom stereocenters. The first kappa shape index (κ1) is 19.2. The molecule has 4 heterocycles. The van der Waals surface area contributed by atoms with Crippen LogP contribution in [0.4, 0.5) is 5.82 Å². The van der Waals surface area contributed by atoms with Gasteiger partial charge in [-0.15, -0.1) is 10.2 Å². The van der Waals surface area contributed by atoms with E-state index in [2.05, 4.69) is 81.4 Å². The lowest BCUT2D eigenvalue weighted by molar-refractivity contribution is 0.301. The molecule has 5 rings (SSSR count). The minimum absolute atomic E-state index is 0.548. The molecule has 0 saturated carbocycles. The van der Waals surface area contributed by atoms with Crippen LogP contribution >= 0.6 is 0 Å². The van der Waals surface area contributed by atoms with Gasteiger partial charge in [0.05, 0.1) is 11.9 Å². The lowest BCUT2D eigenvalue weighted by Gasteiger charge is -2.26. The fourth-order valence-corrected chi connectivity index (χ4v) is 5.28. The van der Waals surface area contributed by atoms with Crippen molar-refractivity contribution in [2.45, 2.75) is 32.2 Å². The molecule has 6 nitrogen and oxygen atoms in total. The highest BCUT2D eigenvalue weighted by atomic mass is 15.3. The third kappa shape index (κ3) is 3.49. The van der Waals surface area contributed by atoms with E-state index in [-0.39, 0.29) is 0 Å². The number of fused-ring (bicyclic) bond motifs is 1. The van der Waals surface area contributed by atoms with Crippen LogP contribution in [0.15, 0.2) is 48.7 Å². The first-order valence-electron chi connectivity index (χ1n) is 11.0. The molecule has 0 amide bonds. The SMILES string of the molecule is Cc1cnn(C)c1-c1ccc(N2CCC3CN(CC(C)c4ccccc4)CC32)nn1. The summed E-state index contributed by atoms with van der Waals surface area (Å²) in [5.74, 6) is 2.29. The van der Waals surface area contributed by atoms with Crippen molar-refractivity contribution in [3.8, 4) is 11.4 Å². The summed E-state index contributed by atoms with van der Waals surface area (Å²) in [5, 5.41) is 13.5. The zero-order valence-corrected chi connectivity index (χ0v) is 18.1. The van der Waals surface area contributed by atoms with E-state index in [1.165, 1.54) is 18.5 Å². The van der Waals surface area contributed by atoms with Gasteiger partial charge in [-0.2, -0.15) is 5.10 Å². The van der Waals surface area contributed by atoms with Crippen molar-refractivity contribution in [1.82, 2.24) is 24.9 Å². The van der Waals surface area contributed by atoms with Crippen molar-refractivity contribution in [2.24, 2.45) is 13.0 Å². The average Bonchev–Trinajstić information content (AvgIpc) is 3.43. The molecule has 0 aliphatic carbocycles. The monoisotopic (exact) mass is 402 g/mol. The normalized spacial score (nSPS) is 22.4. The van der Waals surface area contributed by atoms with E-state index in [1.807, 2.05) is 17.9 Å². The second-order valence-corrected chi connectivity index (χ2v) is 8.92. The summed E-state index contributed by atoms with van der Waals surface area (Å²) < 4.78 is 1.87. The Morgan fingerprint density at radius 2 is 1.90 bits per heavy atom. The van der Waals surface area contributed by atoms with E-state index in [0.29, 0.717) is 12.0 Å². The largest absolute Gasteiger partial charge is 0.351 e. The zero-order valence-electron chi connectivity index (χ0n) is 18.1. The van der Waals surface area contributed by atoms with Crippen molar-refractivity contribution in [2.75, 3.05) is 31.1 Å². The van der Waals surface area contributed by atoms with Gasteiger partial charge in [-0.1, -0.05) is 37.3 Å². The van der Waals surface area contributed by atoms with Gasteiger partial charge in [-0.05, 0) is 48.4 Å². The summed E-state index contributed by atoms with van der Waals surface area (Å²) in [6.45, 7) is 8.91. The smallest absolute Gasteiger partial charge is 0.151 e. The molecule has 3 unspecified atom stereocenters. The molecule has 30 heavy (non-hydrogen) atoms. The van der Waals surface area contributed by atoms with Crippen LogP contribution in [0.5, 0.6) is 0 Å². The molecular formula is C24H30N6. The molecule has 2 fully saturated rings. The van der Waals surface area contributed by atoms with Crippen molar-refractivity contribution >= 4 is 5.82 Å². The fraction of sp³-hybridized carbons (Fsp3) is 0.458. The predicted octanol–water partition coefficient (Wildman–Crippen LogP) is 3.50. The molecule has 2 saturated heterocycles. The molecule has 2 aliphatic heterocycles. The average molecular weight is 403 g/mol. The van der Waals surface area contributed by atoms with Crippen LogP contribution in [0.1, 0.15) is 30.4 Å². The minimum Gasteiger partial charge on any atom is -0.351 e. The molecule has 1 aromatic carbocycles. The van der Waals surface area contributed by atoms with Crippen LogP contribution in [-0.4, -0.2) is 57.1 Å². The van der Waals surface area contributed by atoms with Gasteiger partial charge in [0.2, 0.25) is 0 Å². The summed E-state index contributed by atoms with van der Waals surface area (Å²) in [5.41, 5.74) is 4.48. The predicted molar refractivity (Wildman–Crippen MR) is 120 cm³/mol. The number of rotatable bonds is 5. The number of hydrogen-bond acceptors (Lipinski definition) is 5. The van der Waals surface area contributed by atoms with E-state index in [4.69, 9.17) is 0 Å². The zero-order chi connectivity index (χ0) is 20.7. The van der Waals surface area contributed by atoms with Crippen LogP contribution in [0.3, 0.4) is 0 Å². The molecule has 3 aromatic rings. The van der Waals surface area contributed by atoms with Crippen LogP contribution in [0, 0.1) is 12.8 Å². The third-order valence-electron chi connectivity index (χ3n) is 6.83. The van der Waals surface area contributed by atoms with Gasteiger partial charge >= 0.3 is 0 Å². The maximum atomic E-state index is 4.61. The second kappa shape index (κ2) is 7.84. The number of likely N-dealkylation sites (tertiary alicyclic amines) is 1. The second-order valence-electron chi connectivity index (χ2n) is 8.92. The van der Waals surface area contributed by atoms with Crippen molar-refractivity contribution in [1.29, 1.82) is 0 Å². The molecule has 0 spiro atoms. The van der Waals surface area contributed by atoms with Crippen LogP contribution in [-0.2, 0) is 7.05 Å². The number of anilines is 1. The molecule has 156 valence electrons. The highest BCUT2D eigenvalue weighted by Gasteiger charge is 2.42. The summed E-state index contributed by atoms with van der Waals surface area (Å²) in [7, 11) is 1.95. The number of benzene rings is 1. The molecule has 0 bridgehead atoms. The maximum absolute atomic E-state index is 4.61. The lowest BCUT2D eigenvalue weighted by atomic mass is 10.0. The quantitative estimate of drug-likeness (QED) is 0.654. The molecule has 6 heteroatoms. The Bertz CT molecular complexity index is 977. The standard InChI is InChI=1S/C24H30N6/c1-17-13-25-28(3)24(17)21-9-10-23(27-26-21)30-12-11-20-15-29(16-22(20)30)14-18(2)19-7-5-4-6-8-19/h4-10,13,18,20,22H,11-12,14-16H2,1-3H3. The number of aromatic nitrogens is 4. The Labute approximate surface area is 178 Å². The van der Waals surface area contributed by atoms with Gasteiger partial charge in [-0.25, -0.2) is 0 Å². The maximum Gasteiger partial charge on any atom is 0.151 e. The van der Waals surface area contributed by atoms with Crippen LogP contribution in [0.25, 0.3) is 11.4 Å². The Hall–Kier alpha value is -2.73. The van der Waals surface area contributed by atoms with Crippen LogP contribution < -0.4 is 4.90 Å². The summed E-state index contributed by atoms with van der Waals surface area (Å²) in [6, 6.07) is 15.6. The lowest BCUT2D eigenvalue weighted by Crippen LogP contribution is -2.36. The van der Waals surface area contributed by atoms with Gasteiger partial charge in [-0.3, -0.25) is 4.68 Å². The summed E-state index contributed by atoms with van der Waals surface area (Å²) >= 11 is 0. The molecular weight excluding hydrogens is 372 g/mol. The first-order valence-corrected chi connectivity index (χ1v) is 11.0. The Morgan fingerprint density at radius 1 is 1.07 bits per heavy atom. The van der Waals surface area contributed by atoms with Gasteiger partial charge in [0.1, 0.15) is 5.69 Å². The topological polar surface area (TPSA) is 50.1 Å². The van der Waals surface area contributed by atoms with Gasteiger partial charge < -0.3 is 9.80 Å². The van der Waals surface area contributed by atoms with E-state index in [0.717, 1.165) is 48.3 Å².